The molecular formula is C20H22N2O4. The molecule has 26 heavy (non-hydrogen) atoms. The Balaban J connectivity index is 1.70. The molecule has 0 unspecified atom stereocenters. The van der Waals surface area contributed by atoms with Gasteiger partial charge in [-0.15, -0.1) is 0 Å². The van der Waals surface area contributed by atoms with E-state index in [0.717, 1.165) is 5.56 Å². The summed E-state index contributed by atoms with van der Waals surface area (Å²) >= 11 is 0. The monoisotopic (exact) mass is 354 g/mol. The molecule has 0 fully saturated rings. The van der Waals surface area contributed by atoms with Gasteiger partial charge in [0.1, 0.15) is 5.75 Å². The number of hydrogen-bond acceptors (Lipinski definition) is 4. The Morgan fingerprint density at radius 1 is 0.846 bits per heavy atom. The molecule has 0 heterocycles. The van der Waals surface area contributed by atoms with Crippen molar-refractivity contribution in [1.29, 1.82) is 0 Å². The van der Waals surface area contributed by atoms with Crippen molar-refractivity contribution in [1.82, 2.24) is 10.9 Å². The lowest BCUT2D eigenvalue weighted by molar-refractivity contribution is -0.128. The summed E-state index contributed by atoms with van der Waals surface area (Å²) in [7, 11) is 0. The number of rotatable bonds is 8. The summed E-state index contributed by atoms with van der Waals surface area (Å²) in [6, 6.07) is 16.0. The zero-order valence-electron chi connectivity index (χ0n) is 14.7. The van der Waals surface area contributed by atoms with E-state index in [1.807, 2.05) is 37.3 Å². The molecule has 0 saturated carbocycles. The van der Waals surface area contributed by atoms with Crippen LogP contribution in [0.15, 0.2) is 54.6 Å². The number of Topliss-reactive ketones (excluding diaryl/α,β-unsaturated/α-hetero) is 1. The Kier molecular flexibility index (Phi) is 7.36. The highest BCUT2D eigenvalue weighted by Crippen LogP contribution is 2.14. The van der Waals surface area contributed by atoms with Gasteiger partial charge in [-0.1, -0.05) is 30.3 Å². The van der Waals surface area contributed by atoms with E-state index >= 15 is 0 Å². The number of ketones is 1. The fourth-order valence-electron chi connectivity index (χ4n) is 2.30. The average molecular weight is 354 g/mol. The lowest BCUT2D eigenvalue weighted by Gasteiger charge is -2.08. The van der Waals surface area contributed by atoms with Crippen molar-refractivity contribution in [2.45, 2.75) is 26.2 Å². The van der Waals surface area contributed by atoms with Crippen LogP contribution in [0.5, 0.6) is 5.75 Å². The van der Waals surface area contributed by atoms with Crippen LogP contribution >= 0.6 is 0 Å². The molecule has 6 nitrogen and oxygen atoms in total. The Bertz CT molecular complexity index is 742. The fourth-order valence-corrected chi connectivity index (χ4v) is 2.30. The van der Waals surface area contributed by atoms with E-state index in [4.69, 9.17) is 4.74 Å². The summed E-state index contributed by atoms with van der Waals surface area (Å²) in [5.74, 6) is -0.171. The Morgan fingerprint density at radius 3 is 2.15 bits per heavy atom. The van der Waals surface area contributed by atoms with Crippen LogP contribution in [0.1, 0.15) is 35.7 Å². The molecule has 2 amide bonds. The lowest BCUT2D eigenvalue weighted by Crippen LogP contribution is -2.42. The molecule has 0 aromatic heterocycles. The summed E-state index contributed by atoms with van der Waals surface area (Å²) in [6.45, 7) is 2.44. The number of carbonyl (C=O) groups is 3. The van der Waals surface area contributed by atoms with Crippen molar-refractivity contribution in [2.24, 2.45) is 0 Å². The number of ether oxygens (including phenoxy) is 1. The summed E-state index contributed by atoms with van der Waals surface area (Å²) in [5, 5.41) is 0. The van der Waals surface area contributed by atoms with Gasteiger partial charge in [-0.3, -0.25) is 25.2 Å². The lowest BCUT2D eigenvalue weighted by atomic mass is 10.1. The van der Waals surface area contributed by atoms with Crippen LogP contribution in [0.25, 0.3) is 0 Å². The largest absolute Gasteiger partial charge is 0.494 e. The minimum absolute atomic E-state index is 0.00232. The van der Waals surface area contributed by atoms with Crippen molar-refractivity contribution in [2.75, 3.05) is 6.61 Å². The fraction of sp³-hybridized carbons (Fsp3) is 0.250. The summed E-state index contributed by atoms with van der Waals surface area (Å²) in [5.41, 5.74) is 6.05. The molecule has 0 atom stereocenters. The molecule has 0 saturated heterocycles. The van der Waals surface area contributed by atoms with Crippen molar-refractivity contribution in [3.05, 3.63) is 65.7 Å². The van der Waals surface area contributed by atoms with Gasteiger partial charge in [0.2, 0.25) is 11.8 Å². The molecule has 0 aliphatic rings. The predicted molar refractivity (Wildman–Crippen MR) is 97.6 cm³/mol. The van der Waals surface area contributed by atoms with E-state index in [0.29, 0.717) is 17.9 Å². The second kappa shape index (κ2) is 9.98. The van der Waals surface area contributed by atoms with Crippen LogP contribution in [0, 0.1) is 0 Å². The highest BCUT2D eigenvalue weighted by molar-refractivity contribution is 5.98. The maximum absolute atomic E-state index is 12.1. The quantitative estimate of drug-likeness (QED) is 0.563. The smallest absolute Gasteiger partial charge is 0.242 e. The molecular weight excluding hydrogens is 332 g/mol. The molecule has 0 radical (unpaired) electrons. The first-order valence-corrected chi connectivity index (χ1v) is 8.46. The Hall–Kier alpha value is -3.15. The topological polar surface area (TPSA) is 84.5 Å². The number of carbonyl (C=O) groups excluding carboxylic acids is 3. The van der Waals surface area contributed by atoms with Crippen molar-refractivity contribution < 1.29 is 19.1 Å². The molecule has 0 bridgehead atoms. The maximum Gasteiger partial charge on any atom is 0.242 e. The highest BCUT2D eigenvalue weighted by atomic mass is 16.5. The molecule has 0 spiro atoms. The number of nitrogens with one attached hydrogen (secondary N) is 2. The van der Waals surface area contributed by atoms with E-state index in [-0.39, 0.29) is 31.0 Å². The van der Waals surface area contributed by atoms with E-state index in [1.54, 1.807) is 24.3 Å². The molecule has 0 aliphatic heterocycles. The van der Waals surface area contributed by atoms with Crippen molar-refractivity contribution in [3.63, 3.8) is 0 Å². The van der Waals surface area contributed by atoms with Crippen LogP contribution < -0.4 is 15.6 Å². The van der Waals surface area contributed by atoms with Crippen molar-refractivity contribution in [3.8, 4) is 5.75 Å². The van der Waals surface area contributed by atoms with Gasteiger partial charge in [0.25, 0.3) is 0 Å². The first-order valence-electron chi connectivity index (χ1n) is 8.46. The van der Waals surface area contributed by atoms with Crippen LogP contribution in [0.3, 0.4) is 0 Å². The molecule has 2 rings (SSSR count). The molecule has 136 valence electrons. The normalized spacial score (nSPS) is 10.0. The SMILES string of the molecule is CCOc1ccc(C(=O)CCC(=O)NNC(=O)Cc2ccccc2)cc1. The first-order chi connectivity index (χ1) is 12.6. The third kappa shape index (κ3) is 6.39. The second-order valence-corrected chi connectivity index (χ2v) is 5.64. The highest BCUT2D eigenvalue weighted by Gasteiger charge is 2.10. The first kappa shape index (κ1) is 19.2. The van der Waals surface area contributed by atoms with Crippen LogP contribution in [0.2, 0.25) is 0 Å². The number of benzene rings is 2. The summed E-state index contributed by atoms with van der Waals surface area (Å²) in [6.07, 6.45) is 0.234. The zero-order chi connectivity index (χ0) is 18.8. The number of hydrazine groups is 1. The minimum atomic E-state index is -0.411. The Morgan fingerprint density at radius 2 is 1.50 bits per heavy atom. The van der Waals surface area contributed by atoms with E-state index in [9.17, 15) is 14.4 Å². The van der Waals surface area contributed by atoms with Gasteiger partial charge in [0.15, 0.2) is 5.78 Å². The summed E-state index contributed by atoms with van der Waals surface area (Å²) in [4.78, 5) is 35.6. The average Bonchev–Trinajstić information content (AvgIpc) is 2.66. The van der Waals surface area contributed by atoms with Crippen LogP contribution in [0.4, 0.5) is 0 Å². The van der Waals surface area contributed by atoms with Gasteiger partial charge in [-0.25, -0.2) is 0 Å². The Labute approximate surface area is 152 Å². The van der Waals surface area contributed by atoms with E-state index in [1.165, 1.54) is 0 Å². The molecule has 6 heteroatoms. The zero-order valence-corrected chi connectivity index (χ0v) is 14.7. The maximum atomic E-state index is 12.1. The minimum Gasteiger partial charge on any atom is -0.494 e. The van der Waals surface area contributed by atoms with Crippen LogP contribution in [-0.2, 0) is 16.0 Å². The van der Waals surface area contributed by atoms with Gasteiger partial charge in [-0.2, -0.15) is 0 Å². The van der Waals surface area contributed by atoms with Gasteiger partial charge in [0.05, 0.1) is 13.0 Å². The van der Waals surface area contributed by atoms with E-state index in [2.05, 4.69) is 10.9 Å². The standard InChI is InChI=1S/C20H22N2O4/c1-2-26-17-10-8-16(9-11-17)18(23)12-13-19(24)21-22-20(25)14-15-6-4-3-5-7-15/h3-11H,2,12-14H2,1H3,(H,21,24)(H,22,25). The molecule has 0 aliphatic carbocycles. The third-order valence-corrected chi connectivity index (χ3v) is 3.62. The number of amides is 2. The van der Waals surface area contributed by atoms with E-state index < -0.39 is 5.91 Å². The molecule has 2 aromatic rings. The van der Waals surface area contributed by atoms with Gasteiger partial charge in [0, 0.05) is 18.4 Å². The van der Waals surface area contributed by atoms with Crippen molar-refractivity contribution >= 4 is 17.6 Å². The molecule has 2 aromatic carbocycles. The van der Waals surface area contributed by atoms with Gasteiger partial charge >= 0.3 is 0 Å². The van der Waals surface area contributed by atoms with Crippen LogP contribution in [-0.4, -0.2) is 24.2 Å². The number of hydrogen-bond donors (Lipinski definition) is 2. The second-order valence-electron chi connectivity index (χ2n) is 5.64. The van der Waals surface area contributed by atoms with Gasteiger partial charge in [-0.05, 0) is 36.8 Å². The predicted octanol–water partition coefficient (Wildman–Crippen LogP) is 2.44. The summed E-state index contributed by atoms with van der Waals surface area (Å²) < 4.78 is 5.32. The molecule has 2 N–H and O–H groups in total. The third-order valence-electron chi connectivity index (χ3n) is 3.62. The van der Waals surface area contributed by atoms with Gasteiger partial charge < -0.3 is 4.74 Å².